The van der Waals surface area contributed by atoms with Crippen molar-refractivity contribution in [2.45, 2.75) is 12.7 Å². The summed E-state index contributed by atoms with van der Waals surface area (Å²) in [6, 6.07) is 21.6. The van der Waals surface area contributed by atoms with Crippen molar-refractivity contribution in [3.05, 3.63) is 89.5 Å². The fraction of sp³-hybridized carbons (Fsp3) is 0.208. The Balaban J connectivity index is 1.38. The van der Waals surface area contributed by atoms with Crippen molar-refractivity contribution in [1.82, 2.24) is 5.32 Å². The number of aliphatic hydroxyl groups is 1. The summed E-state index contributed by atoms with van der Waals surface area (Å²) in [5, 5.41) is 23.0. The molecule has 31 heavy (non-hydrogen) atoms. The normalized spacial score (nSPS) is 11.6. The van der Waals surface area contributed by atoms with Crippen LogP contribution in [0.15, 0.2) is 72.8 Å². The molecule has 5 N–H and O–H groups in total. The predicted molar refractivity (Wildman–Crippen MR) is 117 cm³/mol. The molecule has 0 spiro atoms. The number of nitrogens with one attached hydrogen (secondary N) is 1. The molecule has 0 heterocycles. The first-order valence-electron chi connectivity index (χ1n) is 9.94. The number of primary amides is 1. The van der Waals surface area contributed by atoms with Gasteiger partial charge in [-0.3, -0.25) is 4.79 Å². The van der Waals surface area contributed by atoms with Crippen molar-refractivity contribution in [3.63, 3.8) is 0 Å². The highest BCUT2D eigenvalue weighted by molar-refractivity contribution is 5.95. The van der Waals surface area contributed by atoms with Crippen molar-refractivity contribution >= 4 is 5.91 Å². The van der Waals surface area contributed by atoms with Gasteiger partial charge in [-0.15, -0.1) is 0 Å². The number of ether oxygens (including phenoxy) is 2. The Morgan fingerprint density at radius 1 is 0.968 bits per heavy atom. The lowest BCUT2D eigenvalue weighted by Gasteiger charge is -2.14. The van der Waals surface area contributed by atoms with Gasteiger partial charge < -0.3 is 30.7 Å². The van der Waals surface area contributed by atoms with Crippen LogP contribution in [0.2, 0.25) is 0 Å². The second-order valence-electron chi connectivity index (χ2n) is 6.95. The minimum Gasteiger partial charge on any atom is -0.507 e. The second kappa shape index (κ2) is 11.0. The van der Waals surface area contributed by atoms with E-state index in [-0.39, 0.29) is 11.3 Å². The first-order chi connectivity index (χ1) is 15.0. The Kier molecular flexibility index (Phi) is 7.86. The van der Waals surface area contributed by atoms with Gasteiger partial charge in [0.25, 0.3) is 5.91 Å². The SMILES string of the molecule is NC(=O)c1cc(OCCNCC(O)c2ccc(OCc3ccccc3)cc2)ccc1O. The van der Waals surface area contributed by atoms with Gasteiger partial charge in [0.2, 0.25) is 0 Å². The molecule has 1 atom stereocenters. The van der Waals surface area contributed by atoms with Crippen LogP contribution in [0, 0.1) is 0 Å². The van der Waals surface area contributed by atoms with Crippen LogP contribution in [0.4, 0.5) is 0 Å². The molecule has 1 unspecified atom stereocenters. The maximum Gasteiger partial charge on any atom is 0.252 e. The number of amides is 1. The summed E-state index contributed by atoms with van der Waals surface area (Å²) in [7, 11) is 0. The molecule has 7 nitrogen and oxygen atoms in total. The summed E-state index contributed by atoms with van der Waals surface area (Å²) in [6.07, 6.45) is -0.668. The van der Waals surface area contributed by atoms with Crippen LogP contribution in [-0.4, -0.2) is 35.8 Å². The van der Waals surface area contributed by atoms with Crippen molar-refractivity contribution in [1.29, 1.82) is 0 Å². The fourth-order valence-electron chi connectivity index (χ4n) is 2.93. The van der Waals surface area contributed by atoms with Gasteiger partial charge in [0.15, 0.2) is 0 Å². The van der Waals surface area contributed by atoms with E-state index in [9.17, 15) is 15.0 Å². The maximum atomic E-state index is 11.2. The zero-order chi connectivity index (χ0) is 22.1. The third kappa shape index (κ3) is 6.74. The summed E-state index contributed by atoms with van der Waals surface area (Å²) < 4.78 is 11.3. The Hall–Kier alpha value is -3.55. The molecule has 1 amide bonds. The van der Waals surface area contributed by atoms with Gasteiger partial charge in [-0.2, -0.15) is 0 Å². The van der Waals surface area contributed by atoms with Crippen molar-refractivity contribution < 1.29 is 24.5 Å². The molecule has 0 fully saturated rings. The smallest absolute Gasteiger partial charge is 0.252 e. The van der Waals surface area contributed by atoms with Crippen LogP contribution in [0.5, 0.6) is 17.2 Å². The largest absolute Gasteiger partial charge is 0.507 e. The highest BCUT2D eigenvalue weighted by atomic mass is 16.5. The number of nitrogens with two attached hydrogens (primary N) is 1. The number of hydrogen-bond acceptors (Lipinski definition) is 6. The zero-order valence-corrected chi connectivity index (χ0v) is 17.0. The first kappa shape index (κ1) is 22.1. The Morgan fingerprint density at radius 2 is 1.68 bits per heavy atom. The minimum absolute atomic E-state index is 0.0112. The third-order valence-electron chi connectivity index (χ3n) is 4.63. The van der Waals surface area contributed by atoms with Gasteiger partial charge in [0, 0.05) is 13.1 Å². The average molecular weight is 422 g/mol. The summed E-state index contributed by atoms with van der Waals surface area (Å²) in [4.78, 5) is 11.2. The fourth-order valence-corrected chi connectivity index (χ4v) is 2.93. The van der Waals surface area contributed by atoms with Crippen LogP contribution in [-0.2, 0) is 6.61 Å². The number of phenols is 1. The Labute approximate surface area is 181 Å². The van der Waals surface area contributed by atoms with Gasteiger partial charge in [-0.25, -0.2) is 0 Å². The number of benzene rings is 3. The molecule has 0 aliphatic rings. The molecule has 0 aliphatic heterocycles. The standard InChI is InChI=1S/C24H26N2O5/c25-24(29)21-14-20(10-11-22(21)27)30-13-12-26-15-23(28)18-6-8-19(9-7-18)31-16-17-4-2-1-3-5-17/h1-11,14,23,26-28H,12-13,15-16H2,(H2,25,29). The Bertz CT molecular complexity index is 977. The molecule has 0 radical (unpaired) electrons. The minimum atomic E-state index is -0.722. The molecule has 0 saturated carbocycles. The summed E-state index contributed by atoms with van der Waals surface area (Å²) >= 11 is 0. The van der Waals surface area contributed by atoms with Crippen molar-refractivity contribution in [2.24, 2.45) is 5.73 Å². The van der Waals surface area contributed by atoms with Crippen LogP contribution in [0.25, 0.3) is 0 Å². The second-order valence-corrected chi connectivity index (χ2v) is 6.95. The van der Waals surface area contributed by atoms with E-state index in [1.165, 1.54) is 12.1 Å². The first-order valence-corrected chi connectivity index (χ1v) is 9.94. The van der Waals surface area contributed by atoms with E-state index in [2.05, 4.69) is 5.32 Å². The molecule has 3 rings (SSSR count). The summed E-state index contributed by atoms with van der Waals surface area (Å²) in [5.41, 5.74) is 7.09. The number of carbonyl (C=O) groups is 1. The molecule has 3 aromatic carbocycles. The molecule has 0 saturated heterocycles. The molecule has 0 aliphatic carbocycles. The van der Waals surface area contributed by atoms with Crippen LogP contribution >= 0.6 is 0 Å². The van der Waals surface area contributed by atoms with Gasteiger partial charge in [-0.1, -0.05) is 42.5 Å². The number of hydrogen-bond donors (Lipinski definition) is 4. The van der Waals surface area contributed by atoms with E-state index in [0.29, 0.717) is 32.1 Å². The highest BCUT2D eigenvalue weighted by Crippen LogP contribution is 2.22. The molecule has 0 bridgehead atoms. The molecule has 7 heteroatoms. The number of aliphatic hydroxyl groups excluding tert-OH is 1. The van der Waals surface area contributed by atoms with E-state index >= 15 is 0 Å². The quantitative estimate of drug-likeness (QED) is 0.353. The maximum absolute atomic E-state index is 11.2. The van der Waals surface area contributed by atoms with Crippen molar-refractivity contribution in [3.8, 4) is 17.2 Å². The summed E-state index contributed by atoms with van der Waals surface area (Å²) in [6.45, 7) is 1.66. The van der Waals surface area contributed by atoms with Crippen LogP contribution < -0.4 is 20.5 Å². The zero-order valence-electron chi connectivity index (χ0n) is 17.0. The molecule has 3 aromatic rings. The van der Waals surface area contributed by atoms with E-state index in [1.54, 1.807) is 6.07 Å². The molecule has 0 aromatic heterocycles. The predicted octanol–water partition coefficient (Wildman–Crippen LogP) is 2.77. The van der Waals surface area contributed by atoms with Crippen LogP contribution in [0.1, 0.15) is 27.6 Å². The lowest BCUT2D eigenvalue weighted by Crippen LogP contribution is -2.26. The number of rotatable bonds is 11. The lowest BCUT2D eigenvalue weighted by molar-refractivity contribution is 0.0997. The van der Waals surface area contributed by atoms with E-state index in [1.807, 2.05) is 54.6 Å². The van der Waals surface area contributed by atoms with E-state index in [0.717, 1.165) is 16.9 Å². The van der Waals surface area contributed by atoms with Gasteiger partial charge in [0.05, 0.1) is 11.7 Å². The number of aromatic hydroxyl groups is 1. The number of carbonyl (C=O) groups excluding carboxylic acids is 1. The third-order valence-corrected chi connectivity index (χ3v) is 4.63. The van der Waals surface area contributed by atoms with E-state index < -0.39 is 12.0 Å². The molecular weight excluding hydrogens is 396 g/mol. The van der Waals surface area contributed by atoms with E-state index in [4.69, 9.17) is 15.2 Å². The summed E-state index contributed by atoms with van der Waals surface area (Å²) in [5.74, 6) is 0.267. The average Bonchev–Trinajstić information content (AvgIpc) is 2.79. The monoisotopic (exact) mass is 422 g/mol. The topological polar surface area (TPSA) is 114 Å². The van der Waals surface area contributed by atoms with Gasteiger partial charge in [0.1, 0.15) is 30.5 Å². The van der Waals surface area contributed by atoms with Crippen molar-refractivity contribution in [2.75, 3.05) is 19.7 Å². The molecule has 162 valence electrons. The van der Waals surface area contributed by atoms with Gasteiger partial charge in [-0.05, 0) is 41.5 Å². The van der Waals surface area contributed by atoms with Gasteiger partial charge >= 0.3 is 0 Å². The van der Waals surface area contributed by atoms with Crippen LogP contribution in [0.3, 0.4) is 0 Å². The Morgan fingerprint density at radius 3 is 2.39 bits per heavy atom. The lowest BCUT2D eigenvalue weighted by atomic mass is 10.1. The highest BCUT2D eigenvalue weighted by Gasteiger charge is 2.10. The molecular formula is C24H26N2O5.